The monoisotopic (exact) mass is 455 g/mol. The van der Waals surface area contributed by atoms with E-state index in [1.165, 1.54) is 11.1 Å². The van der Waals surface area contributed by atoms with Gasteiger partial charge in [0.15, 0.2) is 0 Å². The zero-order valence-electron chi connectivity index (χ0n) is 17.3. The van der Waals surface area contributed by atoms with E-state index in [-0.39, 0.29) is 0 Å². The van der Waals surface area contributed by atoms with Crippen molar-refractivity contribution in [2.75, 3.05) is 0 Å². The average molecular weight is 456 g/mol. The Kier molecular flexibility index (Phi) is 4.67. The standard InChI is InChI=1S/C26H22BrN3/c1-4-22-24-25(18-10-12-19(27)13-11-18)29-30(20-14-9-16(2)17(3)15-20)26(24)21-7-5-6-8-23(21)28-22/h5-15H,4H2,1-3H3. The van der Waals surface area contributed by atoms with Gasteiger partial charge >= 0.3 is 0 Å². The van der Waals surface area contributed by atoms with Gasteiger partial charge in [0.1, 0.15) is 5.69 Å². The molecule has 0 saturated carbocycles. The van der Waals surface area contributed by atoms with Gasteiger partial charge < -0.3 is 0 Å². The van der Waals surface area contributed by atoms with Gasteiger partial charge in [-0.25, -0.2) is 4.68 Å². The van der Waals surface area contributed by atoms with Crippen molar-refractivity contribution >= 4 is 37.7 Å². The molecule has 0 aliphatic rings. The van der Waals surface area contributed by atoms with Crippen LogP contribution in [0.2, 0.25) is 0 Å². The van der Waals surface area contributed by atoms with E-state index >= 15 is 0 Å². The van der Waals surface area contributed by atoms with Crippen molar-refractivity contribution in [2.45, 2.75) is 27.2 Å². The molecule has 2 heterocycles. The van der Waals surface area contributed by atoms with Crippen molar-refractivity contribution in [3.05, 3.63) is 88.0 Å². The number of aromatic nitrogens is 3. The van der Waals surface area contributed by atoms with Gasteiger partial charge in [-0.05, 0) is 61.7 Å². The first-order valence-electron chi connectivity index (χ1n) is 10.2. The maximum atomic E-state index is 5.15. The third kappa shape index (κ3) is 3.03. The molecular weight excluding hydrogens is 434 g/mol. The summed E-state index contributed by atoms with van der Waals surface area (Å²) in [4.78, 5) is 5.00. The lowest BCUT2D eigenvalue weighted by Crippen LogP contribution is -1.99. The molecule has 148 valence electrons. The minimum absolute atomic E-state index is 0.851. The number of pyridine rings is 1. The minimum atomic E-state index is 0.851. The lowest BCUT2D eigenvalue weighted by Gasteiger charge is -2.10. The van der Waals surface area contributed by atoms with Crippen molar-refractivity contribution in [1.29, 1.82) is 0 Å². The Bertz CT molecular complexity index is 1400. The fourth-order valence-corrected chi connectivity index (χ4v) is 4.29. The zero-order chi connectivity index (χ0) is 20.8. The van der Waals surface area contributed by atoms with Crippen LogP contribution in [0.1, 0.15) is 23.7 Å². The normalized spacial score (nSPS) is 11.5. The molecule has 0 unspecified atom stereocenters. The molecule has 0 radical (unpaired) electrons. The van der Waals surface area contributed by atoms with Gasteiger partial charge in [-0.2, -0.15) is 5.10 Å². The maximum Gasteiger partial charge on any atom is 0.102 e. The molecule has 0 bridgehead atoms. The highest BCUT2D eigenvalue weighted by Gasteiger charge is 2.20. The van der Waals surface area contributed by atoms with Crippen molar-refractivity contribution < 1.29 is 0 Å². The molecule has 0 N–H and O–H groups in total. The fourth-order valence-electron chi connectivity index (χ4n) is 4.02. The van der Waals surface area contributed by atoms with E-state index in [1.807, 2.05) is 6.07 Å². The molecule has 0 aliphatic heterocycles. The largest absolute Gasteiger partial charge is 0.252 e. The van der Waals surface area contributed by atoms with Crippen LogP contribution in [0.4, 0.5) is 0 Å². The predicted octanol–water partition coefficient (Wildman–Crippen LogP) is 7.18. The second-order valence-electron chi connectivity index (χ2n) is 7.69. The SMILES string of the molecule is CCc1nc2ccccc2c2c1c(-c1ccc(Br)cc1)nn2-c1ccc(C)c(C)c1. The highest BCUT2D eigenvalue weighted by atomic mass is 79.9. The Morgan fingerprint density at radius 2 is 1.67 bits per heavy atom. The van der Waals surface area contributed by atoms with Gasteiger partial charge in [0.25, 0.3) is 0 Å². The van der Waals surface area contributed by atoms with Crippen LogP contribution in [0.15, 0.2) is 71.2 Å². The Hall–Kier alpha value is -2.98. The lowest BCUT2D eigenvalue weighted by molar-refractivity contribution is 0.915. The number of aryl methyl sites for hydroxylation is 3. The van der Waals surface area contributed by atoms with E-state index in [0.717, 1.165) is 55.3 Å². The molecular formula is C26H22BrN3. The molecule has 0 fully saturated rings. The Morgan fingerprint density at radius 3 is 2.40 bits per heavy atom. The van der Waals surface area contributed by atoms with E-state index in [0.29, 0.717) is 0 Å². The molecule has 0 aliphatic carbocycles. The number of para-hydroxylation sites is 1. The quantitative estimate of drug-likeness (QED) is 0.288. The van der Waals surface area contributed by atoms with Crippen molar-refractivity contribution in [1.82, 2.24) is 14.8 Å². The van der Waals surface area contributed by atoms with Crippen molar-refractivity contribution in [2.24, 2.45) is 0 Å². The highest BCUT2D eigenvalue weighted by Crippen LogP contribution is 2.36. The van der Waals surface area contributed by atoms with E-state index < -0.39 is 0 Å². The second kappa shape index (κ2) is 7.37. The molecule has 2 aromatic heterocycles. The maximum absolute atomic E-state index is 5.15. The highest BCUT2D eigenvalue weighted by molar-refractivity contribution is 9.10. The van der Waals surface area contributed by atoms with E-state index in [2.05, 4.69) is 102 Å². The van der Waals surface area contributed by atoms with Crippen LogP contribution in [0.3, 0.4) is 0 Å². The van der Waals surface area contributed by atoms with E-state index in [4.69, 9.17) is 10.1 Å². The van der Waals surface area contributed by atoms with Crippen LogP contribution in [0.5, 0.6) is 0 Å². The van der Waals surface area contributed by atoms with Crippen LogP contribution in [-0.2, 0) is 6.42 Å². The van der Waals surface area contributed by atoms with Crippen molar-refractivity contribution in [3.63, 3.8) is 0 Å². The molecule has 0 atom stereocenters. The van der Waals surface area contributed by atoms with Gasteiger partial charge in [0.05, 0.1) is 27.8 Å². The number of halogens is 1. The number of rotatable bonds is 3. The Morgan fingerprint density at radius 1 is 0.900 bits per heavy atom. The number of fused-ring (bicyclic) bond motifs is 3. The summed E-state index contributed by atoms with van der Waals surface area (Å²) in [5.74, 6) is 0. The van der Waals surface area contributed by atoms with E-state index in [1.54, 1.807) is 0 Å². The van der Waals surface area contributed by atoms with Crippen LogP contribution < -0.4 is 0 Å². The van der Waals surface area contributed by atoms with E-state index in [9.17, 15) is 0 Å². The van der Waals surface area contributed by atoms with Crippen LogP contribution >= 0.6 is 15.9 Å². The molecule has 3 aromatic carbocycles. The molecule has 3 nitrogen and oxygen atoms in total. The molecule has 5 rings (SSSR count). The van der Waals surface area contributed by atoms with Gasteiger partial charge in [-0.15, -0.1) is 0 Å². The van der Waals surface area contributed by atoms with Gasteiger partial charge in [-0.1, -0.05) is 59.3 Å². The summed E-state index contributed by atoms with van der Waals surface area (Å²) in [5.41, 5.74) is 8.90. The molecule has 0 amide bonds. The third-order valence-electron chi connectivity index (χ3n) is 5.78. The smallest absolute Gasteiger partial charge is 0.102 e. The molecule has 4 heteroatoms. The minimum Gasteiger partial charge on any atom is -0.252 e. The summed E-state index contributed by atoms with van der Waals surface area (Å²) < 4.78 is 3.16. The third-order valence-corrected chi connectivity index (χ3v) is 6.30. The Labute approximate surface area is 184 Å². The van der Waals surface area contributed by atoms with Gasteiger partial charge in [-0.3, -0.25) is 4.98 Å². The molecule has 0 saturated heterocycles. The summed E-state index contributed by atoms with van der Waals surface area (Å²) in [6.07, 6.45) is 0.851. The number of benzene rings is 3. The zero-order valence-corrected chi connectivity index (χ0v) is 18.9. The number of hydrogen-bond acceptors (Lipinski definition) is 2. The molecule has 30 heavy (non-hydrogen) atoms. The first kappa shape index (κ1) is 19.0. The summed E-state index contributed by atoms with van der Waals surface area (Å²) in [6.45, 7) is 6.45. The summed E-state index contributed by atoms with van der Waals surface area (Å²) in [7, 11) is 0. The van der Waals surface area contributed by atoms with Crippen LogP contribution in [0.25, 0.3) is 38.8 Å². The lowest BCUT2D eigenvalue weighted by atomic mass is 10.0. The summed E-state index contributed by atoms with van der Waals surface area (Å²) in [6, 6.07) is 23.3. The second-order valence-corrected chi connectivity index (χ2v) is 8.60. The summed E-state index contributed by atoms with van der Waals surface area (Å²) in [5, 5.41) is 7.41. The number of nitrogens with zero attached hydrogens (tertiary/aromatic N) is 3. The average Bonchev–Trinajstić information content (AvgIpc) is 3.16. The fraction of sp³-hybridized carbons (Fsp3) is 0.154. The topological polar surface area (TPSA) is 30.7 Å². The summed E-state index contributed by atoms with van der Waals surface area (Å²) >= 11 is 3.55. The first-order chi connectivity index (χ1) is 14.6. The van der Waals surface area contributed by atoms with Crippen LogP contribution in [0, 0.1) is 13.8 Å². The molecule has 0 spiro atoms. The van der Waals surface area contributed by atoms with Crippen molar-refractivity contribution in [3.8, 4) is 16.9 Å². The molecule has 5 aromatic rings. The number of hydrogen-bond donors (Lipinski definition) is 0. The van der Waals surface area contributed by atoms with Gasteiger partial charge in [0.2, 0.25) is 0 Å². The predicted molar refractivity (Wildman–Crippen MR) is 128 cm³/mol. The Balaban J connectivity index is 1.95. The van der Waals surface area contributed by atoms with Crippen LogP contribution in [-0.4, -0.2) is 14.8 Å². The first-order valence-corrected chi connectivity index (χ1v) is 11.0. The van der Waals surface area contributed by atoms with Gasteiger partial charge in [0, 0.05) is 15.4 Å².